The number of benzene rings is 1. The second kappa shape index (κ2) is 3.80. The first-order valence-electron chi connectivity index (χ1n) is 4.17. The summed E-state index contributed by atoms with van der Waals surface area (Å²) in [6, 6.07) is 7.28. The molecule has 2 aromatic rings. The molecule has 1 aromatic carbocycles. The summed E-state index contributed by atoms with van der Waals surface area (Å²) in [7, 11) is 0. The molecule has 0 unspecified atom stereocenters. The van der Waals surface area contributed by atoms with Gasteiger partial charge in [0.1, 0.15) is 0 Å². The van der Waals surface area contributed by atoms with Crippen molar-refractivity contribution >= 4 is 11.6 Å². The fourth-order valence-electron chi connectivity index (χ4n) is 1.09. The molecule has 0 N–H and O–H groups in total. The maximum atomic E-state index is 5.83. The molecule has 1 radical (unpaired) electrons. The molecule has 4 heteroatoms. The smallest absolute Gasteiger partial charge is 0.257 e. The highest BCUT2D eigenvalue weighted by atomic mass is 35.5. The average molecular weight is 208 g/mol. The van der Waals surface area contributed by atoms with Crippen LogP contribution in [0.25, 0.3) is 11.5 Å². The number of hydrogen-bond acceptors (Lipinski definition) is 3. The Morgan fingerprint density at radius 2 is 2.29 bits per heavy atom. The molecule has 0 aliphatic rings. The maximum Gasteiger partial charge on any atom is 0.257 e. The fraction of sp³-hybridized carbons (Fsp3) is 0.100. The van der Waals surface area contributed by atoms with E-state index in [2.05, 4.69) is 17.1 Å². The lowest BCUT2D eigenvalue weighted by atomic mass is 10.2. The van der Waals surface area contributed by atoms with E-state index >= 15 is 0 Å². The standard InChI is InChI=1S/C10H8ClN2O/c1-2-9-12-10(14-13-9)7-4-3-5-8(11)6-7/h3-6H,1-2H2. The monoisotopic (exact) mass is 207 g/mol. The maximum absolute atomic E-state index is 5.83. The van der Waals surface area contributed by atoms with Crippen molar-refractivity contribution in [2.24, 2.45) is 0 Å². The van der Waals surface area contributed by atoms with Crippen LogP contribution >= 0.6 is 11.6 Å². The summed E-state index contributed by atoms with van der Waals surface area (Å²) in [6.45, 7) is 3.67. The summed E-state index contributed by atoms with van der Waals surface area (Å²) in [6.07, 6.45) is 0.518. The minimum Gasteiger partial charge on any atom is -0.334 e. The zero-order chi connectivity index (χ0) is 9.97. The normalized spacial score (nSPS) is 10.4. The fourth-order valence-corrected chi connectivity index (χ4v) is 1.28. The highest BCUT2D eigenvalue weighted by Gasteiger charge is 2.06. The van der Waals surface area contributed by atoms with Crippen molar-refractivity contribution in [3.63, 3.8) is 0 Å². The highest BCUT2D eigenvalue weighted by molar-refractivity contribution is 6.30. The Kier molecular flexibility index (Phi) is 2.50. The van der Waals surface area contributed by atoms with Crippen molar-refractivity contribution in [1.82, 2.24) is 10.1 Å². The lowest BCUT2D eigenvalue weighted by Gasteiger charge is -1.93. The van der Waals surface area contributed by atoms with E-state index < -0.39 is 0 Å². The topological polar surface area (TPSA) is 38.9 Å². The van der Waals surface area contributed by atoms with E-state index in [1.165, 1.54) is 0 Å². The summed E-state index contributed by atoms with van der Waals surface area (Å²) in [4.78, 5) is 4.14. The SMILES string of the molecule is [CH2]Cc1noc(-c2cccc(Cl)c2)n1. The van der Waals surface area contributed by atoms with E-state index in [0.29, 0.717) is 23.2 Å². The van der Waals surface area contributed by atoms with Crippen LogP contribution < -0.4 is 0 Å². The van der Waals surface area contributed by atoms with Gasteiger partial charge in [-0.2, -0.15) is 4.98 Å². The van der Waals surface area contributed by atoms with Gasteiger partial charge in [0.2, 0.25) is 0 Å². The molecule has 0 amide bonds. The summed E-state index contributed by atoms with van der Waals surface area (Å²) in [5.74, 6) is 1.08. The van der Waals surface area contributed by atoms with Crippen LogP contribution in [0.3, 0.4) is 0 Å². The third-order valence-electron chi connectivity index (χ3n) is 1.76. The Bertz CT molecular complexity index is 439. The number of hydrogen-bond donors (Lipinski definition) is 0. The highest BCUT2D eigenvalue weighted by Crippen LogP contribution is 2.20. The average Bonchev–Trinajstić information content (AvgIpc) is 2.66. The summed E-state index contributed by atoms with van der Waals surface area (Å²) < 4.78 is 5.04. The van der Waals surface area contributed by atoms with Gasteiger partial charge in [-0.25, -0.2) is 0 Å². The quantitative estimate of drug-likeness (QED) is 0.760. The van der Waals surface area contributed by atoms with Crippen molar-refractivity contribution < 1.29 is 4.52 Å². The molecular formula is C10H8ClN2O. The molecular weight excluding hydrogens is 200 g/mol. The number of nitrogens with zero attached hydrogens (tertiary/aromatic N) is 2. The molecule has 14 heavy (non-hydrogen) atoms. The van der Waals surface area contributed by atoms with E-state index in [1.54, 1.807) is 12.1 Å². The van der Waals surface area contributed by atoms with Crippen molar-refractivity contribution in [1.29, 1.82) is 0 Å². The Hall–Kier alpha value is -1.35. The first kappa shape index (κ1) is 9.21. The van der Waals surface area contributed by atoms with Gasteiger partial charge in [-0.1, -0.05) is 22.8 Å². The third-order valence-corrected chi connectivity index (χ3v) is 2.00. The van der Waals surface area contributed by atoms with E-state index in [1.807, 2.05) is 12.1 Å². The van der Waals surface area contributed by atoms with Gasteiger partial charge in [-0.05, 0) is 25.1 Å². The largest absolute Gasteiger partial charge is 0.334 e. The van der Waals surface area contributed by atoms with Gasteiger partial charge in [0.15, 0.2) is 5.82 Å². The summed E-state index contributed by atoms with van der Waals surface area (Å²) >= 11 is 5.83. The van der Waals surface area contributed by atoms with Crippen LogP contribution in [0.2, 0.25) is 5.02 Å². The minimum atomic E-state index is 0.478. The molecule has 0 bridgehead atoms. The zero-order valence-corrected chi connectivity index (χ0v) is 8.16. The van der Waals surface area contributed by atoms with Crippen molar-refractivity contribution in [3.8, 4) is 11.5 Å². The first-order valence-corrected chi connectivity index (χ1v) is 4.55. The Morgan fingerprint density at radius 1 is 1.43 bits per heavy atom. The molecule has 3 nitrogen and oxygen atoms in total. The van der Waals surface area contributed by atoms with Gasteiger partial charge in [0.25, 0.3) is 5.89 Å². The molecule has 0 saturated carbocycles. The van der Waals surface area contributed by atoms with Gasteiger partial charge in [-0.15, -0.1) is 0 Å². The van der Waals surface area contributed by atoms with Gasteiger partial charge < -0.3 is 4.52 Å². The molecule has 0 spiro atoms. The second-order valence-corrected chi connectivity index (χ2v) is 3.21. The van der Waals surface area contributed by atoms with Crippen LogP contribution in [0.15, 0.2) is 28.8 Å². The van der Waals surface area contributed by atoms with Crippen LogP contribution in [0.5, 0.6) is 0 Å². The first-order chi connectivity index (χ1) is 6.79. The van der Waals surface area contributed by atoms with Crippen LogP contribution in [0.1, 0.15) is 5.82 Å². The van der Waals surface area contributed by atoms with Crippen LogP contribution in [-0.4, -0.2) is 10.1 Å². The Morgan fingerprint density at radius 3 is 2.93 bits per heavy atom. The predicted octanol–water partition coefficient (Wildman–Crippen LogP) is 2.77. The van der Waals surface area contributed by atoms with Crippen molar-refractivity contribution in [2.45, 2.75) is 6.42 Å². The van der Waals surface area contributed by atoms with Gasteiger partial charge in [0.05, 0.1) is 0 Å². The molecule has 0 atom stereocenters. The summed E-state index contributed by atoms with van der Waals surface area (Å²) in [5.41, 5.74) is 0.824. The predicted molar refractivity (Wildman–Crippen MR) is 53.8 cm³/mol. The lowest BCUT2D eigenvalue weighted by molar-refractivity contribution is 0.424. The van der Waals surface area contributed by atoms with E-state index in [4.69, 9.17) is 16.1 Å². The number of aromatic nitrogens is 2. The van der Waals surface area contributed by atoms with Crippen LogP contribution in [0.4, 0.5) is 0 Å². The summed E-state index contributed by atoms with van der Waals surface area (Å²) in [5, 5.41) is 4.40. The lowest BCUT2D eigenvalue weighted by Crippen LogP contribution is -1.82. The Labute approximate surface area is 86.7 Å². The number of rotatable bonds is 2. The molecule has 71 valence electrons. The van der Waals surface area contributed by atoms with E-state index in [9.17, 15) is 0 Å². The minimum absolute atomic E-state index is 0.478. The zero-order valence-electron chi connectivity index (χ0n) is 7.40. The second-order valence-electron chi connectivity index (χ2n) is 2.78. The molecule has 0 saturated heterocycles. The van der Waals surface area contributed by atoms with Gasteiger partial charge in [-0.3, -0.25) is 0 Å². The van der Waals surface area contributed by atoms with Crippen LogP contribution in [-0.2, 0) is 6.42 Å². The molecule has 1 aromatic heterocycles. The molecule has 0 fully saturated rings. The molecule has 0 aliphatic heterocycles. The third kappa shape index (κ3) is 1.77. The molecule has 2 rings (SSSR count). The van der Waals surface area contributed by atoms with E-state index in [0.717, 1.165) is 5.56 Å². The number of halogens is 1. The van der Waals surface area contributed by atoms with Crippen LogP contribution in [0, 0.1) is 6.92 Å². The molecule has 1 heterocycles. The molecule has 0 aliphatic carbocycles. The van der Waals surface area contributed by atoms with Crippen molar-refractivity contribution in [3.05, 3.63) is 42.0 Å². The van der Waals surface area contributed by atoms with Gasteiger partial charge >= 0.3 is 0 Å². The Balaban J connectivity index is 2.39. The van der Waals surface area contributed by atoms with Gasteiger partial charge in [0, 0.05) is 17.0 Å². The van der Waals surface area contributed by atoms with Crippen molar-refractivity contribution in [2.75, 3.05) is 0 Å². The van der Waals surface area contributed by atoms with E-state index in [-0.39, 0.29) is 0 Å².